The van der Waals surface area contributed by atoms with E-state index in [0.717, 1.165) is 6.07 Å². The summed E-state index contributed by atoms with van der Waals surface area (Å²) in [5.41, 5.74) is 0.122. The molecule has 0 unspecified atom stereocenters. The second-order valence-corrected chi connectivity index (χ2v) is 2.14. The topological polar surface area (TPSA) is 46.5 Å². The summed E-state index contributed by atoms with van der Waals surface area (Å²) >= 11 is 0. The Kier molecular flexibility index (Phi) is 2.28. The van der Waals surface area contributed by atoms with Gasteiger partial charge in [-0.1, -0.05) is 0 Å². The minimum Gasteiger partial charge on any atom is -0.502 e. The molecule has 0 aliphatic heterocycles. The first-order valence-electron chi connectivity index (χ1n) is 3.21. The van der Waals surface area contributed by atoms with Gasteiger partial charge in [-0.15, -0.1) is 0 Å². The number of hydrogen-bond donors (Lipinski definition) is 1. The maximum absolute atomic E-state index is 12.6. The highest BCUT2D eigenvalue weighted by Crippen LogP contribution is 2.31. The van der Waals surface area contributed by atoms with Gasteiger partial charge in [-0.2, -0.15) is 0 Å². The first-order valence-corrected chi connectivity index (χ1v) is 3.21. The molecule has 1 rings (SSSR count). The smallest absolute Gasteiger partial charge is 0.195 e. The number of carbonyl (C=O) groups is 1. The molecule has 0 bridgehead atoms. The zero-order valence-electron chi connectivity index (χ0n) is 6.37. The summed E-state index contributed by atoms with van der Waals surface area (Å²) in [6, 6.07) is 2.24. The van der Waals surface area contributed by atoms with E-state index in [1.54, 1.807) is 0 Å². The molecule has 0 aliphatic carbocycles. The standard InChI is InChI=1S/C8H7FO3/c1-12-8-5(4-10)2-3-6(9)7(8)11/h2-4,11H,1H3. The molecular weight excluding hydrogens is 163 g/mol. The molecule has 0 amide bonds. The number of carbonyl (C=O) groups excluding carboxylic acids is 1. The third-order valence-corrected chi connectivity index (χ3v) is 1.44. The summed E-state index contributed by atoms with van der Waals surface area (Å²) < 4.78 is 17.3. The number of ether oxygens (including phenoxy) is 1. The van der Waals surface area contributed by atoms with E-state index in [-0.39, 0.29) is 11.3 Å². The summed E-state index contributed by atoms with van der Waals surface area (Å²) in [6.07, 6.45) is 0.484. The fraction of sp³-hybridized carbons (Fsp3) is 0.125. The Balaban J connectivity index is 3.35. The molecule has 0 saturated heterocycles. The van der Waals surface area contributed by atoms with Crippen molar-refractivity contribution in [1.29, 1.82) is 0 Å². The fourth-order valence-electron chi connectivity index (χ4n) is 0.870. The van der Waals surface area contributed by atoms with Gasteiger partial charge < -0.3 is 9.84 Å². The van der Waals surface area contributed by atoms with Crippen LogP contribution in [0.4, 0.5) is 4.39 Å². The highest BCUT2D eigenvalue weighted by molar-refractivity contribution is 5.81. The Morgan fingerprint density at radius 1 is 1.58 bits per heavy atom. The van der Waals surface area contributed by atoms with Crippen molar-refractivity contribution in [2.75, 3.05) is 7.11 Å². The van der Waals surface area contributed by atoms with Gasteiger partial charge in [-0.3, -0.25) is 4.79 Å². The van der Waals surface area contributed by atoms with Gasteiger partial charge in [0.15, 0.2) is 23.6 Å². The van der Waals surface area contributed by atoms with Crippen LogP contribution >= 0.6 is 0 Å². The van der Waals surface area contributed by atoms with E-state index >= 15 is 0 Å². The van der Waals surface area contributed by atoms with Crippen molar-refractivity contribution in [2.45, 2.75) is 0 Å². The van der Waals surface area contributed by atoms with Gasteiger partial charge in [0.2, 0.25) is 0 Å². The molecule has 4 heteroatoms. The van der Waals surface area contributed by atoms with E-state index in [1.807, 2.05) is 0 Å². The van der Waals surface area contributed by atoms with Crippen LogP contribution in [-0.2, 0) is 0 Å². The Hall–Kier alpha value is -1.58. The van der Waals surface area contributed by atoms with E-state index in [9.17, 15) is 9.18 Å². The van der Waals surface area contributed by atoms with E-state index in [4.69, 9.17) is 5.11 Å². The number of phenolic OH excluding ortho intramolecular Hbond substituents is 1. The van der Waals surface area contributed by atoms with E-state index < -0.39 is 11.6 Å². The fourth-order valence-corrected chi connectivity index (χ4v) is 0.870. The largest absolute Gasteiger partial charge is 0.502 e. The van der Waals surface area contributed by atoms with Gasteiger partial charge >= 0.3 is 0 Å². The molecule has 0 spiro atoms. The van der Waals surface area contributed by atoms with Crippen molar-refractivity contribution in [3.05, 3.63) is 23.5 Å². The van der Waals surface area contributed by atoms with Gasteiger partial charge in [-0.25, -0.2) is 4.39 Å². The Bertz CT molecular complexity index is 309. The molecule has 0 heterocycles. The molecule has 0 aromatic heterocycles. The third-order valence-electron chi connectivity index (χ3n) is 1.44. The van der Waals surface area contributed by atoms with Gasteiger partial charge in [0, 0.05) is 0 Å². The van der Waals surface area contributed by atoms with Gasteiger partial charge in [0.1, 0.15) is 0 Å². The molecule has 1 aromatic rings. The van der Waals surface area contributed by atoms with Crippen molar-refractivity contribution >= 4 is 6.29 Å². The molecule has 0 radical (unpaired) electrons. The lowest BCUT2D eigenvalue weighted by Crippen LogP contribution is -1.92. The molecule has 64 valence electrons. The number of hydrogen-bond acceptors (Lipinski definition) is 3. The maximum Gasteiger partial charge on any atom is 0.195 e. The second-order valence-electron chi connectivity index (χ2n) is 2.14. The number of aromatic hydroxyl groups is 1. The number of aldehydes is 1. The Morgan fingerprint density at radius 2 is 2.25 bits per heavy atom. The number of methoxy groups -OCH3 is 1. The minimum absolute atomic E-state index is 0.122. The average molecular weight is 170 g/mol. The number of rotatable bonds is 2. The molecule has 0 saturated carbocycles. The van der Waals surface area contributed by atoms with Crippen LogP contribution < -0.4 is 4.74 Å². The molecule has 12 heavy (non-hydrogen) atoms. The lowest BCUT2D eigenvalue weighted by Gasteiger charge is -2.05. The van der Waals surface area contributed by atoms with Crippen molar-refractivity contribution in [2.24, 2.45) is 0 Å². The molecular formula is C8H7FO3. The van der Waals surface area contributed by atoms with Crippen LogP contribution in [0.15, 0.2) is 12.1 Å². The van der Waals surface area contributed by atoms with E-state index in [2.05, 4.69) is 4.74 Å². The van der Waals surface area contributed by atoms with Crippen LogP contribution in [0.2, 0.25) is 0 Å². The number of benzene rings is 1. The van der Waals surface area contributed by atoms with Gasteiger partial charge in [0.25, 0.3) is 0 Å². The highest BCUT2D eigenvalue weighted by atomic mass is 19.1. The molecule has 0 aliphatic rings. The highest BCUT2D eigenvalue weighted by Gasteiger charge is 2.11. The lowest BCUT2D eigenvalue weighted by molar-refractivity contribution is 0.111. The molecule has 1 aromatic carbocycles. The first kappa shape index (κ1) is 8.52. The normalized spacial score (nSPS) is 9.50. The van der Waals surface area contributed by atoms with Gasteiger partial charge in [-0.05, 0) is 12.1 Å². The molecule has 1 N–H and O–H groups in total. The van der Waals surface area contributed by atoms with Gasteiger partial charge in [0.05, 0.1) is 12.7 Å². The summed E-state index contributed by atoms with van der Waals surface area (Å²) in [4.78, 5) is 10.3. The van der Waals surface area contributed by atoms with Crippen LogP contribution in [0.1, 0.15) is 10.4 Å². The van der Waals surface area contributed by atoms with Crippen LogP contribution in [-0.4, -0.2) is 18.5 Å². The van der Waals surface area contributed by atoms with E-state index in [0.29, 0.717) is 6.29 Å². The zero-order chi connectivity index (χ0) is 9.14. The summed E-state index contributed by atoms with van der Waals surface area (Å²) in [7, 11) is 1.25. The maximum atomic E-state index is 12.6. The first-order chi connectivity index (χ1) is 5.70. The number of phenols is 1. The quantitative estimate of drug-likeness (QED) is 0.681. The van der Waals surface area contributed by atoms with Crippen molar-refractivity contribution in [1.82, 2.24) is 0 Å². The molecule has 3 nitrogen and oxygen atoms in total. The summed E-state index contributed by atoms with van der Waals surface area (Å²) in [5.74, 6) is -1.58. The predicted octanol–water partition coefficient (Wildman–Crippen LogP) is 1.35. The zero-order valence-corrected chi connectivity index (χ0v) is 6.37. The monoisotopic (exact) mass is 170 g/mol. The molecule has 0 fully saturated rings. The summed E-state index contributed by atoms with van der Waals surface area (Å²) in [6.45, 7) is 0. The summed E-state index contributed by atoms with van der Waals surface area (Å²) in [5, 5.41) is 9.05. The Labute approximate surface area is 68.4 Å². The Morgan fingerprint density at radius 3 is 2.75 bits per heavy atom. The van der Waals surface area contributed by atoms with Crippen LogP contribution in [0, 0.1) is 5.82 Å². The van der Waals surface area contributed by atoms with Crippen molar-refractivity contribution in [3.63, 3.8) is 0 Å². The predicted molar refractivity (Wildman–Crippen MR) is 40.0 cm³/mol. The van der Waals surface area contributed by atoms with Crippen LogP contribution in [0.25, 0.3) is 0 Å². The van der Waals surface area contributed by atoms with Crippen molar-refractivity contribution < 1.29 is 19.0 Å². The van der Waals surface area contributed by atoms with Crippen LogP contribution in [0.5, 0.6) is 11.5 Å². The molecule has 0 atom stereocenters. The third kappa shape index (κ3) is 1.23. The second kappa shape index (κ2) is 3.21. The van der Waals surface area contributed by atoms with Crippen molar-refractivity contribution in [3.8, 4) is 11.5 Å². The average Bonchev–Trinajstić information content (AvgIpc) is 2.09. The minimum atomic E-state index is -0.808. The van der Waals surface area contributed by atoms with Crippen LogP contribution in [0.3, 0.4) is 0 Å². The van der Waals surface area contributed by atoms with E-state index in [1.165, 1.54) is 13.2 Å². The SMILES string of the molecule is COc1c(C=O)ccc(F)c1O. The number of halogens is 1. The lowest BCUT2D eigenvalue weighted by atomic mass is 10.2.